The predicted octanol–water partition coefficient (Wildman–Crippen LogP) is 4.80. The molecule has 2 N–H and O–H groups in total. The van der Waals surface area contributed by atoms with Gasteiger partial charge >= 0.3 is 6.18 Å². The first-order valence-corrected chi connectivity index (χ1v) is 10.9. The molecule has 0 saturated carbocycles. The molecule has 0 bridgehead atoms. The van der Waals surface area contributed by atoms with Crippen LogP contribution in [0.25, 0.3) is 22.4 Å². The van der Waals surface area contributed by atoms with Crippen LogP contribution in [0.5, 0.6) is 0 Å². The van der Waals surface area contributed by atoms with Crippen molar-refractivity contribution in [2.24, 2.45) is 0 Å². The van der Waals surface area contributed by atoms with Crippen LogP contribution in [0, 0.1) is 0 Å². The van der Waals surface area contributed by atoms with Gasteiger partial charge < -0.3 is 15.2 Å². The number of carbonyl (C=O) groups excluding carboxylic acids is 1. The smallest absolute Gasteiger partial charge is 0.345 e. The fourth-order valence-electron chi connectivity index (χ4n) is 4.16. The molecule has 4 heterocycles. The van der Waals surface area contributed by atoms with Gasteiger partial charge in [-0.25, -0.2) is 15.0 Å². The van der Waals surface area contributed by atoms with Crippen molar-refractivity contribution in [3.05, 3.63) is 65.6 Å². The molecule has 0 spiro atoms. The molecule has 0 saturated heterocycles. The number of alkyl halides is 3. The van der Waals surface area contributed by atoms with Crippen LogP contribution in [0.3, 0.4) is 0 Å². The normalized spacial score (nSPS) is 15.9. The van der Waals surface area contributed by atoms with Gasteiger partial charge in [-0.1, -0.05) is 29.8 Å². The standard InChI is InChI=1S/C23H18ClF3N6O/c24-14-9-15-16(11-30-20(15)29-10-14)21-28-8-7-19(32-21)33-17-4-2-1-3-13(17)5-6-18(33)22(34)31-12-23(25,26)27/h1-4,7-11,18H,5-6,12H2,(H,29,30)(H,31,34)/t18-/m1/s1. The number of fused-ring (bicyclic) bond motifs is 2. The molecular formula is C23H18ClF3N6O. The summed E-state index contributed by atoms with van der Waals surface area (Å²) in [6.07, 6.45) is 1.19. The number of H-pyrrole nitrogens is 1. The van der Waals surface area contributed by atoms with E-state index in [0.717, 1.165) is 10.9 Å². The lowest BCUT2D eigenvalue weighted by Gasteiger charge is -2.37. The van der Waals surface area contributed by atoms with Gasteiger partial charge in [0.25, 0.3) is 0 Å². The average molecular weight is 487 g/mol. The first kappa shape index (κ1) is 22.1. The molecule has 1 atom stereocenters. The van der Waals surface area contributed by atoms with Gasteiger partial charge in [0, 0.05) is 35.2 Å². The van der Waals surface area contributed by atoms with Crippen LogP contribution in [-0.4, -0.2) is 44.6 Å². The van der Waals surface area contributed by atoms with E-state index in [0.29, 0.717) is 46.4 Å². The summed E-state index contributed by atoms with van der Waals surface area (Å²) in [6.45, 7) is -1.39. The minimum atomic E-state index is -4.50. The number of rotatable bonds is 4. The molecule has 0 radical (unpaired) electrons. The number of anilines is 2. The van der Waals surface area contributed by atoms with Crippen LogP contribution in [0.4, 0.5) is 24.7 Å². The molecule has 5 rings (SSSR count). The van der Waals surface area contributed by atoms with Crippen molar-refractivity contribution in [1.29, 1.82) is 0 Å². The van der Waals surface area contributed by atoms with E-state index in [9.17, 15) is 18.0 Å². The molecule has 174 valence electrons. The minimum Gasteiger partial charge on any atom is -0.345 e. The molecule has 1 aromatic carbocycles. The average Bonchev–Trinajstić information content (AvgIpc) is 3.24. The summed E-state index contributed by atoms with van der Waals surface area (Å²) in [6, 6.07) is 9.98. The van der Waals surface area contributed by atoms with Crippen molar-refractivity contribution >= 4 is 40.0 Å². The first-order chi connectivity index (χ1) is 16.3. The number of halogens is 4. The number of amides is 1. The Balaban J connectivity index is 1.56. The number of aromatic nitrogens is 4. The van der Waals surface area contributed by atoms with Crippen molar-refractivity contribution in [3.63, 3.8) is 0 Å². The Hall–Kier alpha value is -3.66. The third-order valence-electron chi connectivity index (χ3n) is 5.64. The van der Waals surface area contributed by atoms with Crippen molar-refractivity contribution in [2.45, 2.75) is 25.1 Å². The van der Waals surface area contributed by atoms with Crippen molar-refractivity contribution in [1.82, 2.24) is 25.3 Å². The second-order valence-corrected chi connectivity index (χ2v) is 8.31. The summed E-state index contributed by atoms with van der Waals surface area (Å²) >= 11 is 6.11. The van der Waals surface area contributed by atoms with Crippen LogP contribution < -0.4 is 10.2 Å². The first-order valence-electron chi connectivity index (χ1n) is 10.5. The molecule has 34 heavy (non-hydrogen) atoms. The fourth-order valence-corrected chi connectivity index (χ4v) is 4.32. The highest BCUT2D eigenvalue weighted by molar-refractivity contribution is 6.31. The lowest BCUT2D eigenvalue weighted by atomic mass is 9.95. The lowest BCUT2D eigenvalue weighted by molar-refractivity contribution is -0.139. The molecule has 7 nitrogen and oxygen atoms in total. The highest BCUT2D eigenvalue weighted by Gasteiger charge is 2.36. The molecule has 0 aliphatic carbocycles. The fraction of sp³-hybridized carbons (Fsp3) is 0.217. The highest BCUT2D eigenvalue weighted by atomic mass is 35.5. The number of pyridine rings is 1. The van der Waals surface area contributed by atoms with Crippen molar-refractivity contribution in [2.75, 3.05) is 11.4 Å². The van der Waals surface area contributed by atoms with Gasteiger partial charge in [0.1, 0.15) is 24.1 Å². The van der Waals surface area contributed by atoms with Crippen LogP contribution in [-0.2, 0) is 11.2 Å². The SMILES string of the molecule is O=C(NCC(F)(F)F)[C@H]1CCc2ccccc2N1c1ccnc(-c2c[nH]c3ncc(Cl)cc23)n1. The molecule has 1 aliphatic heterocycles. The topological polar surface area (TPSA) is 86.8 Å². The second kappa shape index (κ2) is 8.60. The summed E-state index contributed by atoms with van der Waals surface area (Å²) in [5.74, 6) is 0.0500. The Morgan fingerprint density at radius 2 is 2.06 bits per heavy atom. The van der Waals surface area contributed by atoms with Crippen LogP contribution in [0.15, 0.2) is 55.0 Å². The van der Waals surface area contributed by atoms with Gasteiger partial charge in [0.15, 0.2) is 5.82 Å². The molecule has 0 fully saturated rings. The zero-order valence-corrected chi connectivity index (χ0v) is 18.4. The van der Waals surface area contributed by atoms with E-state index in [1.165, 1.54) is 6.20 Å². The Labute approximate surface area is 197 Å². The van der Waals surface area contributed by atoms with Gasteiger partial charge in [-0.15, -0.1) is 0 Å². The number of aromatic amines is 1. The lowest BCUT2D eigenvalue weighted by Crippen LogP contribution is -2.49. The Morgan fingerprint density at radius 3 is 2.88 bits per heavy atom. The Bertz CT molecular complexity index is 1370. The van der Waals surface area contributed by atoms with Gasteiger partial charge in [-0.2, -0.15) is 13.2 Å². The number of hydrogen-bond donors (Lipinski definition) is 2. The number of hydrogen-bond acceptors (Lipinski definition) is 5. The number of aryl methyl sites for hydroxylation is 1. The van der Waals surface area contributed by atoms with E-state index in [2.05, 4.69) is 19.9 Å². The van der Waals surface area contributed by atoms with E-state index >= 15 is 0 Å². The maximum atomic E-state index is 12.8. The minimum absolute atomic E-state index is 0.340. The summed E-state index contributed by atoms with van der Waals surface area (Å²) in [4.78, 5) is 30.9. The molecule has 1 amide bonds. The van der Waals surface area contributed by atoms with E-state index in [-0.39, 0.29) is 0 Å². The molecule has 4 aromatic rings. The van der Waals surface area contributed by atoms with Gasteiger partial charge in [0.2, 0.25) is 5.91 Å². The van der Waals surface area contributed by atoms with Crippen LogP contribution >= 0.6 is 11.6 Å². The number of carbonyl (C=O) groups is 1. The number of nitrogens with zero attached hydrogens (tertiary/aromatic N) is 4. The zero-order chi connectivity index (χ0) is 23.9. The van der Waals surface area contributed by atoms with Gasteiger partial charge in [-0.3, -0.25) is 4.79 Å². The summed E-state index contributed by atoms with van der Waals surface area (Å²) < 4.78 is 38.2. The van der Waals surface area contributed by atoms with Crippen LogP contribution in [0.2, 0.25) is 5.02 Å². The summed E-state index contributed by atoms with van der Waals surface area (Å²) in [5.41, 5.74) is 2.97. The number of para-hydroxylation sites is 1. The molecule has 1 aliphatic rings. The van der Waals surface area contributed by atoms with Crippen LogP contribution in [0.1, 0.15) is 12.0 Å². The summed E-state index contributed by atoms with van der Waals surface area (Å²) in [7, 11) is 0. The third kappa shape index (κ3) is 4.28. The molecular weight excluding hydrogens is 469 g/mol. The van der Waals surface area contributed by atoms with E-state index in [1.807, 2.05) is 29.6 Å². The van der Waals surface area contributed by atoms with E-state index in [1.54, 1.807) is 29.4 Å². The Morgan fingerprint density at radius 1 is 1.24 bits per heavy atom. The van der Waals surface area contributed by atoms with Crippen molar-refractivity contribution in [3.8, 4) is 11.4 Å². The quantitative estimate of drug-likeness (QED) is 0.432. The molecule has 11 heteroatoms. The largest absolute Gasteiger partial charge is 0.405 e. The van der Waals surface area contributed by atoms with Crippen molar-refractivity contribution < 1.29 is 18.0 Å². The molecule has 3 aromatic heterocycles. The maximum absolute atomic E-state index is 12.8. The Kier molecular flexibility index (Phi) is 5.60. The van der Waals surface area contributed by atoms with E-state index < -0.39 is 24.7 Å². The summed E-state index contributed by atoms with van der Waals surface area (Å²) in [5, 5.41) is 3.20. The van der Waals surface area contributed by atoms with Gasteiger partial charge in [0.05, 0.1) is 5.02 Å². The second-order valence-electron chi connectivity index (χ2n) is 7.88. The monoisotopic (exact) mass is 486 g/mol. The number of benzene rings is 1. The molecule has 0 unspecified atom stereocenters. The number of nitrogens with one attached hydrogen (secondary N) is 2. The van der Waals surface area contributed by atoms with Gasteiger partial charge in [-0.05, 0) is 36.6 Å². The highest BCUT2D eigenvalue weighted by Crippen LogP contribution is 2.37. The van der Waals surface area contributed by atoms with E-state index in [4.69, 9.17) is 11.6 Å². The predicted molar refractivity (Wildman–Crippen MR) is 122 cm³/mol. The third-order valence-corrected chi connectivity index (χ3v) is 5.85. The zero-order valence-electron chi connectivity index (χ0n) is 17.6. The maximum Gasteiger partial charge on any atom is 0.405 e.